The molecule has 0 saturated heterocycles. The Balaban J connectivity index is 2.78. The van der Waals surface area contributed by atoms with Crippen LogP contribution in [0, 0.1) is 11.3 Å². The third-order valence-corrected chi connectivity index (χ3v) is 3.72. The van der Waals surface area contributed by atoms with Crippen LogP contribution >= 0.6 is 11.8 Å². The lowest BCUT2D eigenvalue weighted by molar-refractivity contribution is 0.0528. The zero-order chi connectivity index (χ0) is 16.1. The van der Waals surface area contributed by atoms with Crippen LogP contribution in [0.15, 0.2) is 35.4 Å². The molecule has 1 aromatic carbocycles. The average molecular weight is 313 g/mol. The van der Waals surface area contributed by atoms with Crippen molar-refractivity contribution < 1.29 is 9.53 Å². The molecule has 0 saturated carbocycles. The van der Waals surface area contributed by atoms with Crippen molar-refractivity contribution in [1.82, 2.24) is 4.98 Å². The minimum absolute atomic E-state index is 0.110. The molecule has 0 bridgehead atoms. The SMILES string of the molecule is CCOC(=O)c1c(-c2ccccc2)nc(SC)c(C#N)c1N. The predicted octanol–water partition coefficient (Wildman–Crippen LogP) is 3.10. The number of hydrogen-bond donors (Lipinski definition) is 1. The van der Waals surface area contributed by atoms with Crippen molar-refractivity contribution in [2.24, 2.45) is 0 Å². The number of pyridine rings is 1. The summed E-state index contributed by atoms with van der Waals surface area (Å²) in [6.45, 7) is 1.93. The van der Waals surface area contributed by atoms with Gasteiger partial charge in [-0.2, -0.15) is 5.26 Å². The van der Waals surface area contributed by atoms with Crippen molar-refractivity contribution in [2.45, 2.75) is 11.9 Å². The number of esters is 1. The maximum Gasteiger partial charge on any atom is 0.342 e. The Bertz CT molecular complexity index is 739. The summed E-state index contributed by atoms with van der Waals surface area (Å²) in [6, 6.07) is 11.2. The minimum atomic E-state index is -0.574. The van der Waals surface area contributed by atoms with Gasteiger partial charge < -0.3 is 10.5 Å². The van der Waals surface area contributed by atoms with Crippen molar-refractivity contribution in [3.63, 3.8) is 0 Å². The van der Waals surface area contributed by atoms with Gasteiger partial charge in [-0.15, -0.1) is 11.8 Å². The molecule has 0 fully saturated rings. The van der Waals surface area contributed by atoms with E-state index in [0.717, 1.165) is 5.56 Å². The zero-order valence-corrected chi connectivity index (χ0v) is 13.1. The summed E-state index contributed by atoms with van der Waals surface area (Å²) in [7, 11) is 0. The van der Waals surface area contributed by atoms with E-state index in [1.54, 1.807) is 13.2 Å². The van der Waals surface area contributed by atoms with Gasteiger partial charge in [0.1, 0.15) is 22.2 Å². The van der Waals surface area contributed by atoms with E-state index < -0.39 is 5.97 Å². The standard InChI is InChI=1S/C16H15N3O2S/c1-3-21-16(20)12-13(18)11(9-17)15(22-2)19-14(12)10-7-5-4-6-8-10/h4-8H,3H2,1-2H3,(H2,18,19). The smallest absolute Gasteiger partial charge is 0.342 e. The van der Waals surface area contributed by atoms with E-state index >= 15 is 0 Å². The molecular formula is C16H15N3O2S. The molecule has 0 amide bonds. The molecule has 0 radical (unpaired) electrons. The molecule has 112 valence electrons. The van der Waals surface area contributed by atoms with Crippen molar-refractivity contribution in [1.29, 1.82) is 5.26 Å². The molecule has 0 spiro atoms. The molecule has 2 N–H and O–H groups in total. The maximum absolute atomic E-state index is 12.3. The Morgan fingerprint density at radius 2 is 2.09 bits per heavy atom. The fourth-order valence-electron chi connectivity index (χ4n) is 2.05. The van der Waals surface area contributed by atoms with Crippen molar-refractivity contribution >= 4 is 23.4 Å². The van der Waals surface area contributed by atoms with Gasteiger partial charge in [0.05, 0.1) is 18.0 Å². The Morgan fingerprint density at radius 3 is 2.64 bits per heavy atom. The topological polar surface area (TPSA) is 89.0 Å². The molecule has 6 heteroatoms. The second-order valence-corrected chi connectivity index (χ2v) is 5.13. The van der Waals surface area contributed by atoms with E-state index in [2.05, 4.69) is 4.98 Å². The average Bonchev–Trinajstić information content (AvgIpc) is 2.54. The molecule has 0 unspecified atom stereocenters. The molecular weight excluding hydrogens is 298 g/mol. The molecule has 2 aromatic rings. The Labute approximate surface area is 133 Å². The summed E-state index contributed by atoms with van der Waals surface area (Å²) in [5, 5.41) is 9.79. The largest absolute Gasteiger partial charge is 0.462 e. The number of nitrogens with two attached hydrogens (primary N) is 1. The molecule has 0 aliphatic carbocycles. The number of rotatable bonds is 4. The van der Waals surface area contributed by atoms with Crippen LogP contribution in [0.1, 0.15) is 22.8 Å². The molecule has 0 aliphatic rings. The fraction of sp³-hybridized carbons (Fsp3) is 0.188. The molecule has 2 rings (SSSR count). The lowest BCUT2D eigenvalue weighted by Crippen LogP contribution is -2.13. The lowest BCUT2D eigenvalue weighted by Gasteiger charge is -2.14. The lowest BCUT2D eigenvalue weighted by atomic mass is 10.0. The summed E-state index contributed by atoms with van der Waals surface area (Å²) >= 11 is 1.31. The molecule has 22 heavy (non-hydrogen) atoms. The monoisotopic (exact) mass is 313 g/mol. The maximum atomic E-state index is 12.3. The Kier molecular flexibility index (Phi) is 5.02. The van der Waals surface area contributed by atoms with Crippen molar-refractivity contribution in [3.8, 4) is 17.3 Å². The number of benzene rings is 1. The fourth-order valence-corrected chi connectivity index (χ4v) is 2.59. The van der Waals surface area contributed by atoms with Gasteiger partial charge in [0.15, 0.2) is 0 Å². The minimum Gasteiger partial charge on any atom is -0.462 e. The highest BCUT2D eigenvalue weighted by Crippen LogP contribution is 2.33. The highest BCUT2D eigenvalue weighted by Gasteiger charge is 2.24. The number of hydrogen-bond acceptors (Lipinski definition) is 6. The third-order valence-electron chi connectivity index (χ3n) is 3.03. The summed E-state index contributed by atoms with van der Waals surface area (Å²) in [4.78, 5) is 16.7. The van der Waals surface area contributed by atoms with E-state index in [1.165, 1.54) is 11.8 Å². The van der Waals surface area contributed by atoms with Gasteiger partial charge in [-0.25, -0.2) is 9.78 Å². The van der Waals surface area contributed by atoms with Gasteiger partial charge in [-0.1, -0.05) is 30.3 Å². The quantitative estimate of drug-likeness (QED) is 0.689. The van der Waals surface area contributed by atoms with Crippen LogP contribution in [0.3, 0.4) is 0 Å². The van der Waals surface area contributed by atoms with Gasteiger partial charge in [0, 0.05) is 5.56 Å². The number of thioether (sulfide) groups is 1. The van der Waals surface area contributed by atoms with Gasteiger partial charge in [-0.05, 0) is 13.2 Å². The van der Waals surface area contributed by atoms with Crippen LogP contribution < -0.4 is 5.73 Å². The number of carbonyl (C=O) groups excluding carboxylic acids is 1. The first-order chi connectivity index (χ1) is 10.6. The molecule has 0 aliphatic heterocycles. The second-order valence-electron chi connectivity index (χ2n) is 4.33. The summed E-state index contributed by atoms with van der Waals surface area (Å²) < 4.78 is 5.07. The first-order valence-electron chi connectivity index (χ1n) is 6.64. The van der Waals surface area contributed by atoms with Crippen LogP contribution in [-0.4, -0.2) is 23.8 Å². The molecule has 5 nitrogen and oxygen atoms in total. The van der Waals surface area contributed by atoms with E-state index in [1.807, 2.05) is 36.4 Å². The van der Waals surface area contributed by atoms with Crippen LogP contribution in [0.4, 0.5) is 5.69 Å². The van der Waals surface area contributed by atoms with E-state index in [-0.39, 0.29) is 23.4 Å². The second kappa shape index (κ2) is 6.96. The summed E-state index contributed by atoms with van der Waals surface area (Å²) in [6.07, 6.45) is 1.81. The normalized spacial score (nSPS) is 10.0. The first-order valence-corrected chi connectivity index (χ1v) is 7.86. The molecule has 1 heterocycles. The van der Waals surface area contributed by atoms with Gasteiger partial charge >= 0.3 is 5.97 Å². The van der Waals surface area contributed by atoms with Crippen molar-refractivity contribution in [3.05, 3.63) is 41.5 Å². The van der Waals surface area contributed by atoms with Crippen LogP contribution in [0.2, 0.25) is 0 Å². The highest BCUT2D eigenvalue weighted by atomic mass is 32.2. The number of aromatic nitrogens is 1. The van der Waals surface area contributed by atoms with Gasteiger partial charge in [0.25, 0.3) is 0 Å². The summed E-state index contributed by atoms with van der Waals surface area (Å²) in [5.74, 6) is -0.574. The number of carbonyl (C=O) groups is 1. The first kappa shape index (κ1) is 15.9. The van der Waals surface area contributed by atoms with Gasteiger partial charge in [0.2, 0.25) is 0 Å². The number of nitrogens with zero attached hydrogens (tertiary/aromatic N) is 2. The van der Waals surface area contributed by atoms with Crippen LogP contribution in [0.25, 0.3) is 11.3 Å². The van der Waals surface area contributed by atoms with Crippen LogP contribution in [0.5, 0.6) is 0 Å². The van der Waals surface area contributed by atoms with E-state index in [4.69, 9.17) is 10.5 Å². The predicted molar refractivity (Wildman–Crippen MR) is 86.5 cm³/mol. The number of ether oxygens (including phenoxy) is 1. The van der Waals surface area contributed by atoms with E-state index in [9.17, 15) is 10.1 Å². The van der Waals surface area contributed by atoms with Crippen molar-refractivity contribution in [2.75, 3.05) is 18.6 Å². The van der Waals surface area contributed by atoms with E-state index in [0.29, 0.717) is 10.7 Å². The Hall–Kier alpha value is -2.52. The third kappa shape index (κ3) is 2.90. The number of nitriles is 1. The number of nitrogen functional groups attached to an aromatic ring is 1. The highest BCUT2D eigenvalue weighted by molar-refractivity contribution is 7.98. The summed E-state index contributed by atoms with van der Waals surface area (Å²) in [5.41, 5.74) is 7.70. The van der Waals surface area contributed by atoms with Crippen LogP contribution in [-0.2, 0) is 4.74 Å². The Morgan fingerprint density at radius 1 is 1.41 bits per heavy atom. The van der Waals surface area contributed by atoms with Gasteiger partial charge in [-0.3, -0.25) is 0 Å². The number of anilines is 1. The molecule has 1 aromatic heterocycles. The molecule has 0 atom stereocenters. The zero-order valence-electron chi connectivity index (χ0n) is 12.3.